The standard InChI is InChI=1S/C10H19N3O2/c1-11-9(14)4-6-12-8-3-2-5-13-10(15)7-8/h8,12H,2-7H2,1H3,(H,11,14)(H,13,15). The van der Waals surface area contributed by atoms with E-state index in [2.05, 4.69) is 16.0 Å². The van der Waals surface area contributed by atoms with Crippen molar-refractivity contribution in [3.05, 3.63) is 0 Å². The Labute approximate surface area is 90.0 Å². The molecule has 0 spiro atoms. The van der Waals surface area contributed by atoms with E-state index < -0.39 is 0 Å². The first-order valence-electron chi connectivity index (χ1n) is 5.43. The Morgan fingerprint density at radius 1 is 1.60 bits per heavy atom. The Morgan fingerprint density at radius 3 is 3.13 bits per heavy atom. The van der Waals surface area contributed by atoms with Gasteiger partial charge in [0.15, 0.2) is 0 Å². The topological polar surface area (TPSA) is 70.2 Å². The van der Waals surface area contributed by atoms with Gasteiger partial charge < -0.3 is 16.0 Å². The first kappa shape index (κ1) is 12.0. The Hall–Kier alpha value is -1.10. The summed E-state index contributed by atoms with van der Waals surface area (Å²) in [5, 5.41) is 8.63. The van der Waals surface area contributed by atoms with Gasteiger partial charge in [-0.2, -0.15) is 0 Å². The second-order valence-electron chi connectivity index (χ2n) is 3.77. The van der Waals surface area contributed by atoms with Crippen LogP contribution < -0.4 is 16.0 Å². The molecule has 1 heterocycles. The number of hydrogen-bond donors (Lipinski definition) is 3. The Balaban J connectivity index is 2.19. The first-order chi connectivity index (χ1) is 7.22. The molecule has 0 radical (unpaired) electrons. The molecule has 0 aliphatic carbocycles. The van der Waals surface area contributed by atoms with Crippen molar-refractivity contribution in [3.63, 3.8) is 0 Å². The van der Waals surface area contributed by atoms with Crippen LogP contribution in [-0.4, -0.2) is 38.0 Å². The molecular weight excluding hydrogens is 194 g/mol. The maximum Gasteiger partial charge on any atom is 0.221 e. The third-order valence-corrected chi connectivity index (χ3v) is 2.55. The normalized spacial score (nSPS) is 21.7. The summed E-state index contributed by atoms with van der Waals surface area (Å²) in [5.41, 5.74) is 0. The summed E-state index contributed by atoms with van der Waals surface area (Å²) in [6.45, 7) is 1.41. The average Bonchev–Trinajstić information content (AvgIpc) is 2.42. The maximum atomic E-state index is 11.2. The lowest BCUT2D eigenvalue weighted by atomic mass is 10.1. The van der Waals surface area contributed by atoms with Gasteiger partial charge in [-0.3, -0.25) is 9.59 Å². The predicted molar refractivity (Wildman–Crippen MR) is 57.3 cm³/mol. The number of amides is 2. The van der Waals surface area contributed by atoms with Crippen LogP contribution in [0.25, 0.3) is 0 Å². The SMILES string of the molecule is CNC(=O)CCNC1CCCNC(=O)C1. The molecule has 5 heteroatoms. The Bertz CT molecular complexity index is 231. The molecule has 86 valence electrons. The average molecular weight is 213 g/mol. The Kier molecular flexibility index (Phi) is 5.10. The minimum Gasteiger partial charge on any atom is -0.359 e. The monoisotopic (exact) mass is 213 g/mol. The van der Waals surface area contributed by atoms with Gasteiger partial charge in [0.1, 0.15) is 0 Å². The fourth-order valence-corrected chi connectivity index (χ4v) is 1.66. The van der Waals surface area contributed by atoms with E-state index in [4.69, 9.17) is 0 Å². The van der Waals surface area contributed by atoms with Gasteiger partial charge in [0.05, 0.1) is 0 Å². The van der Waals surface area contributed by atoms with Crippen LogP contribution in [0.4, 0.5) is 0 Å². The van der Waals surface area contributed by atoms with E-state index >= 15 is 0 Å². The first-order valence-corrected chi connectivity index (χ1v) is 5.43. The van der Waals surface area contributed by atoms with Gasteiger partial charge in [-0.25, -0.2) is 0 Å². The highest BCUT2D eigenvalue weighted by atomic mass is 16.2. The van der Waals surface area contributed by atoms with Crippen molar-refractivity contribution in [2.75, 3.05) is 20.1 Å². The van der Waals surface area contributed by atoms with Crippen LogP contribution in [0.5, 0.6) is 0 Å². The molecule has 1 saturated heterocycles. The number of rotatable bonds is 4. The third kappa shape index (κ3) is 4.78. The summed E-state index contributed by atoms with van der Waals surface area (Å²) in [6, 6.07) is 0.220. The predicted octanol–water partition coefficient (Wildman–Crippen LogP) is -0.619. The van der Waals surface area contributed by atoms with Crippen molar-refractivity contribution in [1.82, 2.24) is 16.0 Å². The van der Waals surface area contributed by atoms with Crippen LogP contribution in [0.3, 0.4) is 0 Å². The maximum absolute atomic E-state index is 11.2. The van der Waals surface area contributed by atoms with E-state index in [-0.39, 0.29) is 17.9 Å². The van der Waals surface area contributed by atoms with Gasteiger partial charge in [0.25, 0.3) is 0 Å². The largest absolute Gasteiger partial charge is 0.359 e. The Morgan fingerprint density at radius 2 is 2.40 bits per heavy atom. The zero-order valence-electron chi connectivity index (χ0n) is 9.14. The van der Waals surface area contributed by atoms with Crippen molar-refractivity contribution in [2.45, 2.75) is 31.7 Å². The number of nitrogens with one attached hydrogen (secondary N) is 3. The highest BCUT2D eigenvalue weighted by molar-refractivity contribution is 5.77. The van der Waals surface area contributed by atoms with Crippen LogP contribution in [0, 0.1) is 0 Å². The molecule has 1 atom stereocenters. The molecule has 1 rings (SSSR count). The summed E-state index contributed by atoms with van der Waals surface area (Å²) in [6.07, 6.45) is 2.98. The van der Waals surface area contributed by atoms with Crippen molar-refractivity contribution < 1.29 is 9.59 Å². The molecule has 1 fully saturated rings. The molecule has 15 heavy (non-hydrogen) atoms. The van der Waals surface area contributed by atoms with Crippen LogP contribution in [0.2, 0.25) is 0 Å². The minimum atomic E-state index is 0.0283. The van der Waals surface area contributed by atoms with Crippen molar-refractivity contribution in [2.24, 2.45) is 0 Å². The lowest BCUT2D eigenvalue weighted by Crippen LogP contribution is -2.35. The number of carbonyl (C=O) groups excluding carboxylic acids is 2. The molecule has 0 aromatic rings. The van der Waals surface area contributed by atoms with Crippen LogP contribution in [0.15, 0.2) is 0 Å². The van der Waals surface area contributed by atoms with Crippen LogP contribution >= 0.6 is 0 Å². The highest BCUT2D eigenvalue weighted by Gasteiger charge is 2.16. The minimum absolute atomic E-state index is 0.0283. The fourth-order valence-electron chi connectivity index (χ4n) is 1.66. The van der Waals surface area contributed by atoms with Crippen LogP contribution in [0.1, 0.15) is 25.7 Å². The van der Waals surface area contributed by atoms with E-state index in [9.17, 15) is 9.59 Å². The molecule has 1 aliphatic heterocycles. The second kappa shape index (κ2) is 6.40. The molecule has 3 N–H and O–H groups in total. The quantitative estimate of drug-likeness (QED) is 0.583. The zero-order valence-corrected chi connectivity index (χ0v) is 9.14. The third-order valence-electron chi connectivity index (χ3n) is 2.55. The summed E-state index contributed by atoms with van der Waals surface area (Å²) in [5.74, 6) is 0.130. The van der Waals surface area contributed by atoms with Gasteiger partial charge in [-0.15, -0.1) is 0 Å². The molecule has 2 amide bonds. The van der Waals surface area contributed by atoms with Crippen molar-refractivity contribution in [1.29, 1.82) is 0 Å². The van der Waals surface area contributed by atoms with E-state index in [1.165, 1.54) is 0 Å². The van der Waals surface area contributed by atoms with E-state index in [0.717, 1.165) is 19.4 Å². The van der Waals surface area contributed by atoms with E-state index in [0.29, 0.717) is 19.4 Å². The molecular formula is C10H19N3O2. The van der Waals surface area contributed by atoms with Gasteiger partial charge in [0, 0.05) is 39.0 Å². The molecule has 5 nitrogen and oxygen atoms in total. The molecule has 1 aliphatic rings. The molecule has 0 bridgehead atoms. The fraction of sp³-hybridized carbons (Fsp3) is 0.800. The smallest absolute Gasteiger partial charge is 0.221 e. The van der Waals surface area contributed by atoms with Gasteiger partial charge >= 0.3 is 0 Å². The summed E-state index contributed by atoms with van der Waals surface area (Å²) >= 11 is 0. The van der Waals surface area contributed by atoms with E-state index in [1.54, 1.807) is 7.05 Å². The van der Waals surface area contributed by atoms with Gasteiger partial charge in [0.2, 0.25) is 11.8 Å². The molecule has 0 aromatic heterocycles. The highest BCUT2D eigenvalue weighted by Crippen LogP contribution is 2.05. The number of hydrogen-bond acceptors (Lipinski definition) is 3. The summed E-state index contributed by atoms with van der Waals surface area (Å²) < 4.78 is 0. The van der Waals surface area contributed by atoms with Crippen molar-refractivity contribution in [3.8, 4) is 0 Å². The van der Waals surface area contributed by atoms with Gasteiger partial charge in [-0.05, 0) is 12.8 Å². The number of carbonyl (C=O) groups is 2. The van der Waals surface area contributed by atoms with E-state index in [1.807, 2.05) is 0 Å². The lowest BCUT2D eigenvalue weighted by molar-refractivity contribution is -0.121. The molecule has 1 unspecified atom stereocenters. The summed E-state index contributed by atoms with van der Waals surface area (Å²) in [7, 11) is 1.63. The van der Waals surface area contributed by atoms with Crippen molar-refractivity contribution >= 4 is 11.8 Å². The molecule has 0 aromatic carbocycles. The van der Waals surface area contributed by atoms with Gasteiger partial charge in [-0.1, -0.05) is 0 Å². The second-order valence-corrected chi connectivity index (χ2v) is 3.77. The molecule has 0 saturated carbocycles. The zero-order chi connectivity index (χ0) is 11.1. The lowest BCUT2D eigenvalue weighted by Gasteiger charge is -2.14. The van der Waals surface area contributed by atoms with Crippen LogP contribution in [-0.2, 0) is 9.59 Å². The summed E-state index contributed by atoms with van der Waals surface area (Å²) in [4.78, 5) is 22.2.